The van der Waals surface area contributed by atoms with Crippen LogP contribution in [0.4, 0.5) is 0 Å². The molecule has 11 nitrogen and oxygen atoms in total. The Labute approximate surface area is 221 Å². The maximum atomic E-state index is 13.7. The fourth-order valence-electron chi connectivity index (χ4n) is 4.12. The van der Waals surface area contributed by atoms with E-state index in [1.807, 2.05) is 19.9 Å². The van der Waals surface area contributed by atoms with Crippen molar-refractivity contribution in [2.75, 3.05) is 21.3 Å². The minimum absolute atomic E-state index is 0.177. The van der Waals surface area contributed by atoms with Gasteiger partial charge in [-0.1, -0.05) is 6.07 Å². The molecule has 12 heteroatoms. The minimum Gasteiger partial charge on any atom is -0.494 e. The van der Waals surface area contributed by atoms with Crippen LogP contribution in [-0.4, -0.2) is 64.7 Å². The molecule has 0 aliphatic carbocycles. The first-order chi connectivity index (χ1) is 18.2. The van der Waals surface area contributed by atoms with Gasteiger partial charge >= 0.3 is 0 Å². The van der Waals surface area contributed by atoms with Gasteiger partial charge in [-0.25, -0.2) is 18.4 Å². The van der Waals surface area contributed by atoms with E-state index in [0.717, 1.165) is 11.1 Å². The highest BCUT2D eigenvalue weighted by atomic mass is 32.2. The van der Waals surface area contributed by atoms with Crippen molar-refractivity contribution >= 4 is 9.84 Å². The Bertz CT molecular complexity index is 1500. The summed E-state index contributed by atoms with van der Waals surface area (Å²) < 4.78 is 45.9. The maximum absolute atomic E-state index is 13.7. The molecule has 0 saturated heterocycles. The average molecular weight is 539 g/mol. The molecule has 0 fully saturated rings. The number of nitrogens with zero attached hydrogens (tertiary/aromatic N) is 6. The Morgan fingerprint density at radius 2 is 1.58 bits per heavy atom. The first kappa shape index (κ1) is 27.1. The van der Waals surface area contributed by atoms with E-state index >= 15 is 0 Å². The van der Waals surface area contributed by atoms with Gasteiger partial charge in [-0.3, -0.25) is 9.55 Å². The Morgan fingerprint density at radius 1 is 0.921 bits per heavy atom. The van der Waals surface area contributed by atoms with Gasteiger partial charge in [-0.05, 0) is 50.1 Å². The van der Waals surface area contributed by atoms with Gasteiger partial charge < -0.3 is 14.2 Å². The van der Waals surface area contributed by atoms with Gasteiger partial charge in [0.05, 0.1) is 19.5 Å². The summed E-state index contributed by atoms with van der Waals surface area (Å²) in [6.45, 7) is 5.33. The zero-order valence-electron chi connectivity index (χ0n) is 22.1. The van der Waals surface area contributed by atoms with Gasteiger partial charge in [0.25, 0.3) is 0 Å². The lowest BCUT2D eigenvalue weighted by Gasteiger charge is -2.22. The summed E-state index contributed by atoms with van der Waals surface area (Å²) in [4.78, 5) is 12.8. The molecule has 0 N–H and O–H groups in total. The number of sulfone groups is 1. The van der Waals surface area contributed by atoms with E-state index in [0.29, 0.717) is 28.6 Å². The molecule has 2 atom stereocenters. The molecule has 0 bridgehead atoms. The third-order valence-corrected chi connectivity index (χ3v) is 8.16. The number of aromatic nitrogens is 6. The number of benzene rings is 1. The molecule has 0 unspecified atom stereocenters. The fourth-order valence-corrected chi connectivity index (χ4v) is 5.54. The summed E-state index contributed by atoms with van der Waals surface area (Å²) in [5.74, 6) is 1.34. The SMILES string of the molecule is COc1cccc(OC)c1-n1c(CS(=O)(=O)[C@H](C)[C@H](OC)c2ncc(C)cn2)nnc1-c1cncc(C)c1. The van der Waals surface area contributed by atoms with Crippen molar-refractivity contribution in [1.29, 1.82) is 0 Å². The molecule has 38 heavy (non-hydrogen) atoms. The first-order valence-corrected chi connectivity index (χ1v) is 13.5. The quantitative estimate of drug-likeness (QED) is 0.296. The standard InChI is InChI=1S/C26H30N6O5S/c1-16-10-19(14-27-11-16)26-31-30-22(32(26)23-20(35-4)8-7-9-21(23)36-5)15-38(33,34)18(3)24(37-6)25-28-12-17(2)13-29-25/h7-14,18,24H,15H2,1-6H3/t18-,24+/m1/s1. The zero-order valence-corrected chi connectivity index (χ0v) is 22.9. The average Bonchev–Trinajstić information content (AvgIpc) is 3.31. The molecular formula is C26H30N6O5S. The van der Waals surface area contributed by atoms with Crippen LogP contribution >= 0.6 is 0 Å². The third kappa shape index (κ3) is 5.36. The normalized spacial score (nSPS) is 13.2. The number of methoxy groups -OCH3 is 3. The first-order valence-electron chi connectivity index (χ1n) is 11.8. The monoisotopic (exact) mass is 538 g/mol. The fraction of sp³-hybridized carbons (Fsp3) is 0.346. The molecular weight excluding hydrogens is 508 g/mol. The molecule has 3 heterocycles. The van der Waals surface area contributed by atoms with E-state index in [2.05, 4.69) is 25.1 Å². The summed E-state index contributed by atoms with van der Waals surface area (Å²) >= 11 is 0. The van der Waals surface area contributed by atoms with Crippen LogP contribution in [0.2, 0.25) is 0 Å². The van der Waals surface area contributed by atoms with Crippen molar-refractivity contribution in [3.05, 3.63) is 71.8 Å². The molecule has 4 aromatic rings. The highest BCUT2D eigenvalue weighted by molar-refractivity contribution is 7.91. The van der Waals surface area contributed by atoms with Gasteiger partial charge in [0.15, 0.2) is 27.3 Å². The zero-order chi connectivity index (χ0) is 27.4. The Morgan fingerprint density at radius 3 is 2.16 bits per heavy atom. The van der Waals surface area contributed by atoms with Crippen molar-refractivity contribution in [2.45, 2.75) is 37.9 Å². The van der Waals surface area contributed by atoms with Crippen molar-refractivity contribution in [2.24, 2.45) is 0 Å². The molecule has 0 radical (unpaired) electrons. The molecule has 0 amide bonds. The summed E-state index contributed by atoms with van der Waals surface area (Å²) in [5, 5.41) is 7.70. The number of rotatable bonds is 10. The minimum atomic E-state index is -3.86. The van der Waals surface area contributed by atoms with E-state index in [9.17, 15) is 8.42 Å². The lowest BCUT2D eigenvalue weighted by molar-refractivity contribution is 0.0947. The number of para-hydroxylation sites is 1. The van der Waals surface area contributed by atoms with E-state index in [1.165, 1.54) is 21.3 Å². The second-order valence-corrected chi connectivity index (χ2v) is 11.2. The molecule has 200 valence electrons. The summed E-state index contributed by atoms with van der Waals surface area (Å²) in [6.07, 6.45) is 5.74. The van der Waals surface area contributed by atoms with Crippen LogP contribution in [0.25, 0.3) is 17.1 Å². The van der Waals surface area contributed by atoms with Gasteiger partial charge in [0.1, 0.15) is 29.0 Å². The molecule has 4 rings (SSSR count). The van der Waals surface area contributed by atoms with Crippen molar-refractivity contribution in [3.63, 3.8) is 0 Å². The van der Waals surface area contributed by atoms with Crippen LogP contribution in [0.15, 0.2) is 49.1 Å². The number of pyridine rings is 1. The predicted molar refractivity (Wildman–Crippen MR) is 141 cm³/mol. The largest absolute Gasteiger partial charge is 0.494 e. The van der Waals surface area contributed by atoms with Crippen molar-refractivity contribution in [3.8, 4) is 28.6 Å². The second kappa shape index (κ2) is 11.2. The Kier molecular flexibility index (Phi) is 8.02. The number of ether oxygens (including phenoxy) is 3. The summed E-state index contributed by atoms with van der Waals surface area (Å²) in [7, 11) is 0.635. The van der Waals surface area contributed by atoms with E-state index < -0.39 is 26.9 Å². The molecule has 0 saturated carbocycles. The molecule has 0 aliphatic heterocycles. The van der Waals surface area contributed by atoms with Crippen LogP contribution < -0.4 is 9.47 Å². The van der Waals surface area contributed by atoms with Crippen molar-refractivity contribution < 1.29 is 22.6 Å². The van der Waals surface area contributed by atoms with E-state index in [-0.39, 0.29) is 11.6 Å². The molecule has 3 aromatic heterocycles. The predicted octanol–water partition coefficient (Wildman–Crippen LogP) is 3.44. The van der Waals surface area contributed by atoms with Crippen LogP contribution in [0.3, 0.4) is 0 Å². The highest BCUT2D eigenvalue weighted by Gasteiger charge is 2.35. The third-order valence-electron chi connectivity index (χ3n) is 6.12. The van der Waals surface area contributed by atoms with Gasteiger partial charge in [0.2, 0.25) is 0 Å². The smallest absolute Gasteiger partial charge is 0.170 e. The van der Waals surface area contributed by atoms with Gasteiger partial charge in [-0.2, -0.15) is 0 Å². The molecule has 1 aromatic carbocycles. The second-order valence-electron chi connectivity index (χ2n) is 8.82. The molecule has 0 spiro atoms. The van der Waals surface area contributed by atoms with Gasteiger partial charge in [0, 0.05) is 37.5 Å². The Hall–Kier alpha value is -3.90. The summed E-state index contributed by atoms with van der Waals surface area (Å²) in [5.41, 5.74) is 2.90. The summed E-state index contributed by atoms with van der Waals surface area (Å²) in [6, 6.07) is 7.19. The number of aryl methyl sites for hydroxylation is 2. The van der Waals surface area contributed by atoms with Crippen LogP contribution in [0.1, 0.15) is 35.8 Å². The lowest BCUT2D eigenvalue weighted by Crippen LogP contribution is -2.30. The van der Waals surface area contributed by atoms with Gasteiger partial charge in [-0.15, -0.1) is 10.2 Å². The van der Waals surface area contributed by atoms with Crippen LogP contribution in [-0.2, 0) is 20.3 Å². The topological polar surface area (TPSA) is 131 Å². The van der Waals surface area contributed by atoms with Crippen molar-refractivity contribution in [1.82, 2.24) is 29.7 Å². The van der Waals surface area contributed by atoms with E-state index in [1.54, 1.807) is 54.5 Å². The van der Waals surface area contributed by atoms with E-state index in [4.69, 9.17) is 14.2 Å². The van der Waals surface area contributed by atoms with Crippen LogP contribution in [0, 0.1) is 13.8 Å². The number of hydrogen-bond donors (Lipinski definition) is 0. The van der Waals surface area contributed by atoms with Crippen LogP contribution in [0.5, 0.6) is 11.5 Å². The molecule has 0 aliphatic rings. The highest BCUT2D eigenvalue weighted by Crippen LogP contribution is 2.37. The lowest BCUT2D eigenvalue weighted by atomic mass is 10.2. The Balaban J connectivity index is 1.84. The maximum Gasteiger partial charge on any atom is 0.170 e. The number of hydrogen-bond acceptors (Lipinski definition) is 10.